The molecule has 8 atom stereocenters. The molecule has 188 valence electrons. The van der Waals surface area contributed by atoms with E-state index in [1.165, 1.54) is 21.9 Å². The molecule has 35 heavy (non-hydrogen) atoms. The lowest BCUT2D eigenvalue weighted by Gasteiger charge is -2.55. The van der Waals surface area contributed by atoms with Crippen LogP contribution in [-0.4, -0.2) is 63.6 Å². The van der Waals surface area contributed by atoms with Crippen LogP contribution in [0.25, 0.3) is 10.8 Å². The Morgan fingerprint density at radius 3 is 2.74 bits per heavy atom. The lowest BCUT2D eigenvalue weighted by Crippen LogP contribution is -2.64. The minimum absolute atomic E-state index is 0.0181. The van der Waals surface area contributed by atoms with E-state index in [1.807, 2.05) is 26.5 Å². The van der Waals surface area contributed by atoms with Crippen molar-refractivity contribution in [2.24, 2.45) is 11.8 Å². The lowest BCUT2D eigenvalue weighted by atomic mass is 9.66. The molecule has 6 rings (SSSR count). The largest absolute Gasteiger partial charge is 0.390 e. The Morgan fingerprint density at radius 1 is 1.06 bits per heavy atom. The third kappa shape index (κ3) is 3.78. The van der Waals surface area contributed by atoms with Crippen LogP contribution in [0.5, 0.6) is 0 Å². The zero-order valence-corrected chi connectivity index (χ0v) is 21.4. The number of hydrogen-bond donors (Lipinski definition) is 2. The zero-order valence-electron chi connectivity index (χ0n) is 21.4. The minimum atomic E-state index is -0.739. The molecule has 2 N–H and O–H groups in total. The van der Waals surface area contributed by atoms with Gasteiger partial charge in [-0.1, -0.05) is 25.1 Å². The van der Waals surface area contributed by atoms with Crippen LogP contribution in [0.15, 0.2) is 48.3 Å². The highest BCUT2D eigenvalue weighted by atomic mass is 16.5. The van der Waals surface area contributed by atoms with Gasteiger partial charge in [0.05, 0.1) is 23.4 Å². The number of benzene rings is 1. The molecule has 5 nitrogen and oxygen atoms in total. The van der Waals surface area contributed by atoms with E-state index in [-0.39, 0.29) is 23.2 Å². The number of allylic oxidation sites excluding steroid dienone is 1. The summed E-state index contributed by atoms with van der Waals surface area (Å²) in [5.41, 5.74) is 2.32. The number of fused-ring (bicyclic) bond motifs is 1. The Balaban J connectivity index is 1.29. The van der Waals surface area contributed by atoms with Crippen molar-refractivity contribution in [3.63, 3.8) is 0 Å². The number of nitrogens with zero attached hydrogens (tertiary/aromatic N) is 2. The minimum Gasteiger partial charge on any atom is -0.390 e. The number of aliphatic hydroxyl groups excluding tert-OH is 2. The summed E-state index contributed by atoms with van der Waals surface area (Å²) in [6.07, 6.45) is 12.9. The molecule has 2 aliphatic heterocycles. The maximum absolute atomic E-state index is 11.2. The molecular formula is C30H40N2O3. The van der Waals surface area contributed by atoms with Crippen LogP contribution in [0.2, 0.25) is 0 Å². The van der Waals surface area contributed by atoms with Gasteiger partial charge >= 0.3 is 0 Å². The highest BCUT2D eigenvalue weighted by Crippen LogP contribution is 2.60. The van der Waals surface area contributed by atoms with Gasteiger partial charge in [-0.25, -0.2) is 0 Å². The molecule has 2 aliphatic carbocycles. The highest BCUT2D eigenvalue weighted by Gasteiger charge is 2.64. The van der Waals surface area contributed by atoms with Crippen LogP contribution in [-0.2, 0) is 4.74 Å². The van der Waals surface area contributed by atoms with Crippen LogP contribution in [0.3, 0.4) is 0 Å². The Morgan fingerprint density at radius 2 is 1.91 bits per heavy atom. The standard InChI is InChI=1S/C30H40N2O3/c1-19-6-9-23-16-25-27(33)28(34)26(32(2)3)17-30(25)13-12-29(23,35-30)11-4-5-24(19)21-8-7-20-10-14-31-18-22(20)15-21/h7-10,14-15,18-19,24-28,33-34H,4-6,11-13,16-17H2,1-3H3. The molecule has 2 spiro atoms. The van der Waals surface area contributed by atoms with E-state index in [1.54, 1.807) is 0 Å². The molecule has 3 heterocycles. The van der Waals surface area contributed by atoms with Crippen LogP contribution in [0.4, 0.5) is 0 Å². The molecule has 2 bridgehead atoms. The van der Waals surface area contributed by atoms with Gasteiger partial charge in [0.15, 0.2) is 0 Å². The molecule has 1 aromatic carbocycles. The predicted octanol–water partition coefficient (Wildman–Crippen LogP) is 4.82. The molecule has 2 aromatic rings. The van der Waals surface area contributed by atoms with E-state index in [4.69, 9.17) is 4.74 Å². The van der Waals surface area contributed by atoms with Crippen LogP contribution in [0, 0.1) is 11.8 Å². The molecular weight excluding hydrogens is 436 g/mol. The highest BCUT2D eigenvalue weighted by molar-refractivity contribution is 5.82. The van der Waals surface area contributed by atoms with Gasteiger partial charge in [-0.3, -0.25) is 4.98 Å². The summed E-state index contributed by atoms with van der Waals surface area (Å²) in [5.74, 6) is 1.02. The van der Waals surface area contributed by atoms with E-state index in [0.717, 1.165) is 51.4 Å². The summed E-state index contributed by atoms with van der Waals surface area (Å²) in [4.78, 5) is 6.40. The normalized spacial score (nSPS) is 41.5. The SMILES string of the molecule is CC1CC=C2CC3C(O)C(O)C(N(C)C)CC34CCC2(CCCC1c1ccc2ccncc2c1)O4. The summed E-state index contributed by atoms with van der Waals surface area (Å²) < 4.78 is 7.13. The number of hydrogen-bond acceptors (Lipinski definition) is 5. The second-order valence-corrected chi connectivity index (χ2v) is 12.1. The number of rotatable bonds is 2. The van der Waals surface area contributed by atoms with E-state index in [2.05, 4.69) is 47.1 Å². The fourth-order valence-electron chi connectivity index (χ4n) is 7.98. The number of aromatic nitrogens is 1. The van der Waals surface area contributed by atoms with Crippen molar-refractivity contribution in [2.45, 2.75) is 93.7 Å². The van der Waals surface area contributed by atoms with Crippen LogP contribution < -0.4 is 0 Å². The second-order valence-electron chi connectivity index (χ2n) is 12.1. The number of aliphatic hydroxyl groups is 2. The monoisotopic (exact) mass is 476 g/mol. The first kappa shape index (κ1) is 23.6. The van der Waals surface area contributed by atoms with E-state index < -0.39 is 12.2 Å². The molecule has 0 radical (unpaired) electrons. The van der Waals surface area contributed by atoms with Crippen molar-refractivity contribution < 1.29 is 14.9 Å². The van der Waals surface area contributed by atoms with Gasteiger partial charge in [0.25, 0.3) is 0 Å². The molecule has 1 aromatic heterocycles. The number of pyridine rings is 1. The molecule has 1 saturated carbocycles. The van der Waals surface area contributed by atoms with Gasteiger partial charge in [-0.05, 0) is 106 Å². The zero-order chi connectivity index (χ0) is 24.4. The maximum Gasteiger partial charge on any atom is 0.0958 e. The maximum atomic E-state index is 11.2. The Labute approximate surface area is 209 Å². The van der Waals surface area contributed by atoms with Crippen LogP contribution in [0.1, 0.15) is 69.8 Å². The number of ether oxygens (including phenoxy) is 1. The topological polar surface area (TPSA) is 65.8 Å². The molecule has 0 amide bonds. The average Bonchev–Trinajstić information content (AvgIpc) is 3.19. The summed E-state index contributed by atoms with van der Waals surface area (Å²) in [7, 11) is 4.00. The van der Waals surface area contributed by atoms with Crippen molar-refractivity contribution >= 4 is 10.8 Å². The van der Waals surface area contributed by atoms with Gasteiger partial charge in [0.2, 0.25) is 0 Å². The first-order valence-electron chi connectivity index (χ1n) is 13.6. The average molecular weight is 477 g/mol. The first-order chi connectivity index (χ1) is 16.8. The Hall–Kier alpha value is -1.79. The molecule has 4 aliphatic rings. The summed E-state index contributed by atoms with van der Waals surface area (Å²) in [5, 5.41) is 24.6. The van der Waals surface area contributed by atoms with E-state index in [9.17, 15) is 10.2 Å². The quantitative estimate of drug-likeness (QED) is 0.609. The summed E-state index contributed by atoms with van der Waals surface area (Å²) in [6, 6.07) is 8.91. The summed E-state index contributed by atoms with van der Waals surface area (Å²) in [6.45, 7) is 2.39. The molecule has 2 saturated heterocycles. The van der Waals surface area contributed by atoms with Crippen molar-refractivity contribution in [1.82, 2.24) is 9.88 Å². The second kappa shape index (κ2) is 8.65. The predicted molar refractivity (Wildman–Crippen MR) is 138 cm³/mol. The van der Waals surface area contributed by atoms with Crippen molar-refractivity contribution in [3.05, 3.63) is 53.9 Å². The number of likely N-dealkylation sites (N-methyl/N-ethyl adjacent to an activating group) is 1. The van der Waals surface area contributed by atoms with Crippen molar-refractivity contribution in [1.29, 1.82) is 0 Å². The third-order valence-corrected chi connectivity index (χ3v) is 10.0. The van der Waals surface area contributed by atoms with Crippen molar-refractivity contribution in [3.8, 4) is 0 Å². The molecule has 3 fully saturated rings. The van der Waals surface area contributed by atoms with Gasteiger partial charge in [0.1, 0.15) is 0 Å². The first-order valence-corrected chi connectivity index (χ1v) is 13.6. The van der Waals surface area contributed by atoms with Gasteiger partial charge in [-0.2, -0.15) is 0 Å². The van der Waals surface area contributed by atoms with Gasteiger partial charge in [0, 0.05) is 29.7 Å². The van der Waals surface area contributed by atoms with Crippen LogP contribution >= 0.6 is 0 Å². The van der Waals surface area contributed by atoms with E-state index >= 15 is 0 Å². The summed E-state index contributed by atoms with van der Waals surface area (Å²) >= 11 is 0. The smallest absolute Gasteiger partial charge is 0.0958 e. The lowest BCUT2D eigenvalue weighted by molar-refractivity contribution is -0.223. The van der Waals surface area contributed by atoms with Gasteiger partial charge in [-0.15, -0.1) is 0 Å². The fourth-order valence-corrected chi connectivity index (χ4v) is 7.98. The molecule has 5 heteroatoms. The molecule has 8 unspecified atom stereocenters. The Bertz CT molecular complexity index is 1130. The third-order valence-electron chi connectivity index (χ3n) is 10.0. The Kier molecular flexibility index (Phi) is 5.84. The van der Waals surface area contributed by atoms with Gasteiger partial charge < -0.3 is 19.8 Å². The van der Waals surface area contributed by atoms with Crippen molar-refractivity contribution in [2.75, 3.05) is 14.1 Å². The van der Waals surface area contributed by atoms with E-state index in [0.29, 0.717) is 11.8 Å². The fraction of sp³-hybridized carbons (Fsp3) is 0.633.